The number of carbonyl (C=O) groups is 1. The lowest BCUT2D eigenvalue weighted by Crippen LogP contribution is -2.50. The van der Waals surface area contributed by atoms with Crippen LogP contribution in [0.5, 0.6) is 0 Å². The van der Waals surface area contributed by atoms with Gasteiger partial charge in [-0.3, -0.25) is 4.79 Å². The lowest BCUT2D eigenvalue weighted by molar-refractivity contribution is -0.140. The van der Waals surface area contributed by atoms with Crippen molar-refractivity contribution in [3.05, 3.63) is 27.7 Å². The minimum atomic E-state index is -3.84. The van der Waals surface area contributed by atoms with Gasteiger partial charge < -0.3 is 5.11 Å². The molecule has 1 aromatic rings. The summed E-state index contributed by atoms with van der Waals surface area (Å²) in [5.74, 6) is -0.296. The highest BCUT2D eigenvalue weighted by Crippen LogP contribution is 2.29. The summed E-state index contributed by atoms with van der Waals surface area (Å²) in [6, 6.07) is 3.20. The van der Waals surface area contributed by atoms with Crippen molar-refractivity contribution >= 4 is 55.3 Å². The first kappa shape index (κ1) is 16.1. The molecule has 2 rings (SSSR count). The third-order valence-corrected chi connectivity index (χ3v) is 7.00. The molecule has 1 unspecified atom stereocenters. The largest absolute Gasteiger partial charge is 0.480 e. The summed E-state index contributed by atoms with van der Waals surface area (Å²) in [6.07, 6.45) is 0. The van der Waals surface area contributed by atoms with E-state index in [2.05, 4.69) is 15.9 Å². The standard InChI is InChI=1S/C11H11BrClNO4S2/c12-8-5-7(1-2-9(8)13)20(17,18)14-3-4-19-6-10(14)11(15)16/h1-2,5,10H,3-4,6H2,(H,15,16). The molecule has 1 fully saturated rings. The number of benzene rings is 1. The highest BCUT2D eigenvalue weighted by Gasteiger charge is 2.38. The molecule has 0 aliphatic carbocycles. The smallest absolute Gasteiger partial charge is 0.322 e. The van der Waals surface area contributed by atoms with E-state index in [0.717, 1.165) is 4.31 Å². The summed E-state index contributed by atoms with van der Waals surface area (Å²) in [6.45, 7) is 0.185. The lowest BCUT2D eigenvalue weighted by atomic mass is 10.3. The zero-order valence-electron chi connectivity index (χ0n) is 10.1. The maximum absolute atomic E-state index is 12.6. The van der Waals surface area contributed by atoms with Crippen LogP contribution in [0, 0.1) is 0 Å². The van der Waals surface area contributed by atoms with Gasteiger partial charge in [0.25, 0.3) is 0 Å². The summed E-state index contributed by atoms with van der Waals surface area (Å²) in [5, 5.41) is 9.56. The molecule has 9 heteroatoms. The van der Waals surface area contributed by atoms with Gasteiger partial charge in [-0.25, -0.2) is 8.42 Å². The molecule has 0 aromatic heterocycles. The van der Waals surface area contributed by atoms with Crippen molar-refractivity contribution in [3.63, 3.8) is 0 Å². The summed E-state index contributed by atoms with van der Waals surface area (Å²) in [5.41, 5.74) is 0. The molecule has 1 saturated heterocycles. The second-order valence-electron chi connectivity index (χ2n) is 4.12. The minimum absolute atomic E-state index is 0.0342. The molecule has 1 aliphatic heterocycles. The van der Waals surface area contributed by atoms with Crippen LogP contribution in [0.2, 0.25) is 5.02 Å². The zero-order valence-corrected chi connectivity index (χ0v) is 14.1. The summed E-state index contributed by atoms with van der Waals surface area (Å²) < 4.78 is 26.6. The Bertz CT molecular complexity index is 637. The Morgan fingerprint density at radius 2 is 2.20 bits per heavy atom. The van der Waals surface area contributed by atoms with E-state index in [1.807, 2.05) is 0 Å². The van der Waals surface area contributed by atoms with Crippen molar-refractivity contribution in [2.24, 2.45) is 0 Å². The first-order valence-corrected chi connectivity index (χ1v) is 9.38. The molecule has 20 heavy (non-hydrogen) atoms. The Balaban J connectivity index is 2.42. The normalized spacial score (nSPS) is 20.8. The molecule has 1 atom stereocenters. The van der Waals surface area contributed by atoms with Gasteiger partial charge in [0, 0.05) is 22.5 Å². The number of sulfonamides is 1. The molecule has 1 aliphatic rings. The zero-order chi connectivity index (χ0) is 14.9. The summed E-state index contributed by atoms with van der Waals surface area (Å²) in [7, 11) is -3.84. The van der Waals surface area contributed by atoms with Crippen LogP contribution in [-0.2, 0) is 14.8 Å². The van der Waals surface area contributed by atoms with Crippen LogP contribution in [0.4, 0.5) is 0 Å². The number of rotatable bonds is 3. The van der Waals surface area contributed by atoms with Crippen molar-refractivity contribution in [2.75, 3.05) is 18.1 Å². The fourth-order valence-electron chi connectivity index (χ4n) is 1.84. The van der Waals surface area contributed by atoms with Crippen molar-refractivity contribution in [3.8, 4) is 0 Å². The van der Waals surface area contributed by atoms with Crippen LogP contribution in [0.15, 0.2) is 27.6 Å². The fourth-order valence-corrected chi connectivity index (χ4v) is 5.35. The average molecular weight is 401 g/mol. The van der Waals surface area contributed by atoms with Crippen molar-refractivity contribution in [1.82, 2.24) is 4.31 Å². The van der Waals surface area contributed by atoms with E-state index < -0.39 is 22.0 Å². The average Bonchev–Trinajstić information content (AvgIpc) is 2.41. The van der Waals surface area contributed by atoms with E-state index in [9.17, 15) is 13.2 Å². The number of thioether (sulfide) groups is 1. The third-order valence-electron chi connectivity index (χ3n) is 2.86. The predicted octanol–water partition coefficient (Wildman–Crippen LogP) is 2.29. The van der Waals surface area contributed by atoms with Gasteiger partial charge in [0.15, 0.2) is 0 Å². The highest BCUT2D eigenvalue weighted by atomic mass is 79.9. The quantitative estimate of drug-likeness (QED) is 0.842. The Kier molecular flexibility index (Phi) is 5.01. The van der Waals surface area contributed by atoms with Crippen LogP contribution in [0.1, 0.15) is 0 Å². The lowest BCUT2D eigenvalue weighted by Gasteiger charge is -2.31. The molecule has 1 N–H and O–H groups in total. The Labute approximate surface area is 134 Å². The van der Waals surface area contributed by atoms with Gasteiger partial charge in [0.05, 0.1) is 9.92 Å². The van der Waals surface area contributed by atoms with Gasteiger partial charge in [-0.05, 0) is 34.1 Å². The number of carboxylic acid groups (broad SMARTS) is 1. The van der Waals surface area contributed by atoms with Crippen molar-refractivity contribution < 1.29 is 18.3 Å². The highest BCUT2D eigenvalue weighted by molar-refractivity contribution is 9.10. The van der Waals surface area contributed by atoms with E-state index in [0.29, 0.717) is 15.2 Å². The van der Waals surface area contributed by atoms with Crippen LogP contribution < -0.4 is 0 Å². The van der Waals surface area contributed by atoms with Gasteiger partial charge in [0.2, 0.25) is 10.0 Å². The molecule has 1 heterocycles. The van der Waals surface area contributed by atoms with E-state index in [1.165, 1.54) is 30.0 Å². The van der Waals surface area contributed by atoms with Crippen LogP contribution in [-0.4, -0.2) is 47.9 Å². The minimum Gasteiger partial charge on any atom is -0.480 e. The van der Waals surface area contributed by atoms with E-state index >= 15 is 0 Å². The van der Waals surface area contributed by atoms with E-state index in [-0.39, 0.29) is 17.2 Å². The van der Waals surface area contributed by atoms with Crippen LogP contribution >= 0.6 is 39.3 Å². The Hall–Kier alpha value is -0.280. The second kappa shape index (κ2) is 6.23. The second-order valence-corrected chi connectivity index (χ2v) is 8.42. The Morgan fingerprint density at radius 3 is 2.80 bits per heavy atom. The summed E-state index contributed by atoms with van der Waals surface area (Å²) in [4.78, 5) is 11.2. The molecule has 5 nitrogen and oxygen atoms in total. The number of hydrogen-bond donors (Lipinski definition) is 1. The number of hydrogen-bond acceptors (Lipinski definition) is 4. The topological polar surface area (TPSA) is 74.7 Å². The molecule has 1 aromatic carbocycles. The number of carboxylic acids is 1. The summed E-state index contributed by atoms with van der Waals surface area (Å²) >= 11 is 10.4. The van der Waals surface area contributed by atoms with Gasteiger partial charge in [-0.15, -0.1) is 0 Å². The molecular formula is C11H11BrClNO4S2. The SMILES string of the molecule is O=C(O)C1CSCCN1S(=O)(=O)c1ccc(Cl)c(Br)c1. The van der Waals surface area contributed by atoms with Gasteiger partial charge in [-0.1, -0.05) is 11.6 Å². The molecular weight excluding hydrogens is 390 g/mol. The molecule has 0 saturated carbocycles. The number of halogens is 2. The molecule has 0 bridgehead atoms. The first-order chi connectivity index (χ1) is 9.34. The van der Waals surface area contributed by atoms with Crippen molar-refractivity contribution in [2.45, 2.75) is 10.9 Å². The maximum atomic E-state index is 12.6. The number of aliphatic carboxylic acids is 1. The molecule has 0 radical (unpaired) electrons. The Morgan fingerprint density at radius 1 is 1.50 bits per heavy atom. The first-order valence-electron chi connectivity index (χ1n) is 5.61. The fraction of sp³-hybridized carbons (Fsp3) is 0.364. The molecule has 0 spiro atoms. The number of nitrogens with zero attached hydrogens (tertiary/aromatic N) is 1. The molecule has 0 amide bonds. The molecule has 110 valence electrons. The van der Waals surface area contributed by atoms with Crippen LogP contribution in [0.25, 0.3) is 0 Å². The van der Waals surface area contributed by atoms with E-state index in [1.54, 1.807) is 0 Å². The van der Waals surface area contributed by atoms with Crippen molar-refractivity contribution in [1.29, 1.82) is 0 Å². The van der Waals surface area contributed by atoms with E-state index in [4.69, 9.17) is 16.7 Å². The van der Waals surface area contributed by atoms with Gasteiger partial charge >= 0.3 is 5.97 Å². The monoisotopic (exact) mass is 399 g/mol. The van der Waals surface area contributed by atoms with Gasteiger partial charge in [0.1, 0.15) is 6.04 Å². The maximum Gasteiger partial charge on any atom is 0.322 e. The van der Waals surface area contributed by atoms with Gasteiger partial charge in [-0.2, -0.15) is 16.1 Å². The predicted molar refractivity (Wildman–Crippen MR) is 81.8 cm³/mol. The van der Waals surface area contributed by atoms with Crippen LogP contribution in [0.3, 0.4) is 0 Å². The third kappa shape index (κ3) is 3.14.